The van der Waals surface area contributed by atoms with Crippen molar-refractivity contribution in [3.63, 3.8) is 0 Å². The molecule has 2 aromatic heterocycles. The van der Waals surface area contributed by atoms with Gasteiger partial charge < -0.3 is 9.88 Å². The molecule has 4 rings (SSSR count). The second-order valence-corrected chi connectivity index (χ2v) is 9.54. The molecule has 0 aromatic carbocycles. The maximum absolute atomic E-state index is 12.6. The van der Waals surface area contributed by atoms with Gasteiger partial charge in [-0.3, -0.25) is 14.5 Å². The Morgan fingerprint density at radius 2 is 1.97 bits per heavy atom. The van der Waals surface area contributed by atoms with E-state index in [-0.39, 0.29) is 23.8 Å². The first-order valence-corrected chi connectivity index (χ1v) is 11.9. The highest BCUT2D eigenvalue weighted by molar-refractivity contribution is 7.99. The normalized spacial score (nSPS) is 17.8. The Hall–Kier alpha value is -1.52. The number of aromatic nitrogens is 2. The van der Waals surface area contributed by atoms with Crippen LogP contribution in [0.3, 0.4) is 0 Å². The summed E-state index contributed by atoms with van der Waals surface area (Å²) in [5.41, 5.74) is 1.09. The van der Waals surface area contributed by atoms with E-state index in [1.54, 1.807) is 21.1 Å². The molecule has 1 amide bonds. The predicted molar refractivity (Wildman–Crippen MR) is 112 cm³/mol. The topological polar surface area (TPSA) is 69.3 Å². The predicted octanol–water partition coefficient (Wildman–Crippen LogP) is 2.51. The van der Waals surface area contributed by atoms with Crippen LogP contribution in [-0.4, -0.2) is 70.6 Å². The third-order valence-corrected chi connectivity index (χ3v) is 7.57. The van der Waals surface area contributed by atoms with Gasteiger partial charge in [-0.05, 0) is 31.2 Å². The fourth-order valence-corrected chi connectivity index (χ4v) is 6.05. The Morgan fingerprint density at radius 3 is 2.72 bits per heavy atom. The van der Waals surface area contributed by atoms with Crippen LogP contribution in [0, 0.1) is 0 Å². The van der Waals surface area contributed by atoms with Gasteiger partial charge in [0.1, 0.15) is 10.7 Å². The molecular formula is C19H24F2N4O2S2. The molecule has 158 valence electrons. The molecule has 3 heterocycles. The summed E-state index contributed by atoms with van der Waals surface area (Å²) in [7, 11) is 0. The summed E-state index contributed by atoms with van der Waals surface area (Å²) in [6.07, 6.45) is 1.92. The Kier molecular flexibility index (Phi) is 6.50. The number of nitrogens with zero attached hydrogens (tertiary/aromatic N) is 3. The minimum absolute atomic E-state index is 0.00158. The standard InChI is InChI=1S/C19H24F2N4O2S2/c20-14(21)9-24-5-7-25(8-6-24)16(26)11-28-10-15-22-18(27)17-12-3-1-2-4-13(12)29-19(17)23-15/h14H,1-11H2,(H,22,23,27). The van der Waals surface area contributed by atoms with Crippen molar-refractivity contribution < 1.29 is 13.6 Å². The third kappa shape index (κ3) is 4.80. The molecule has 0 radical (unpaired) electrons. The lowest BCUT2D eigenvalue weighted by Gasteiger charge is -2.34. The van der Waals surface area contributed by atoms with E-state index in [9.17, 15) is 18.4 Å². The summed E-state index contributed by atoms with van der Waals surface area (Å²) in [5, 5.41) is 0.746. The molecule has 2 aliphatic rings. The second kappa shape index (κ2) is 9.09. The van der Waals surface area contributed by atoms with E-state index < -0.39 is 6.43 Å². The van der Waals surface area contributed by atoms with Crippen LogP contribution >= 0.6 is 23.1 Å². The second-order valence-electron chi connectivity index (χ2n) is 7.47. The van der Waals surface area contributed by atoms with E-state index >= 15 is 0 Å². The molecule has 2 aromatic rings. The molecule has 0 unspecified atom stereocenters. The van der Waals surface area contributed by atoms with Crippen molar-refractivity contribution in [1.29, 1.82) is 0 Å². The minimum Gasteiger partial charge on any atom is -0.339 e. The molecule has 0 bridgehead atoms. The number of fused-ring (bicyclic) bond motifs is 3. The molecule has 0 saturated carbocycles. The number of carbonyl (C=O) groups excluding carboxylic acids is 1. The number of thioether (sulfide) groups is 1. The van der Waals surface area contributed by atoms with Crippen LogP contribution in [0.25, 0.3) is 10.2 Å². The van der Waals surface area contributed by atoms with Crippen molar-refractivity contribution in [2.75, 3.05) is 38.5 Å². The zero-order valence-electron chi connectivity index (χ0n) is 16.1. The van der Waals surface area contributed by atoms with Gasteiger partial charge in [-0.2, -0.15) is 0 Å². The van der Waals surface area contributed by atoms with Crippen molar-refractivity contribution in [3.8, 4) is 0 Å². The fourth-order valence-electron chi connectivity index (χ4n) is 3.98. The number of nitrogens with one attached hydrogen (secondary N) is 1. The summed E-state index contributed by atoms with van der Waals surface area (Å²) >= 11 is 3.04. The number of halogens is 2. The smallest absolute Gasteiger partial charge is 0.259 e. The largest absolute Gasteiger partial charge is 0.339 e. The number of alkyl halides is 2. The van der Waals surface area contributed by atoms with Gasteiger partial charge >= 0.3 is 0 Å². The Morgan fingerprint density at radius 1 is 1.21 bits per heavy atom. The number of hydrogen-bond acceptors (Lipinski definition) is 6. The van der Waals surface area contributed by atoms with Crippen LogP contribution in [-0.2, 0) is 23.4 Å². The number of thiophene rings is 1. The van der Waals surface area contributed by atoms with Gasteiger partial charge in [0.2, 0.25) is 5.91 Å². The van der Waals surface area contributed by atoms with Crippen LogP contribution in [0.15, 0.2) is 4.79 Å². The van der Waals surface area contributed by atoms with Gasteiger partial charge in [-0.15, -0.1) is 23.1 Å². The van der Waals surface area contributed by atoms with Gasteiger partial charge in [-0.1, -0.05) is 0 Å². The highest BCUT2D eigenvalue weighted by atomic mass is 32.2. The lowest BCUT2D eigenvalue weighted by molar-refractivity contribution is -0.130. The molecule has 1 fully saturated rings. The van der Waals surface area contributed by atoms with Gasteiger partial charge in [0.15, 0.2) is 0 Å². The van der Waals surface area contributed by atoms with E-state index in [0.717, 1.165) is 29.5 Å². The van der Waals surface area contributed by atoms with Crippen molar-refractivity contribution in [2.24, 2.45) is 0 Å². The van der Waals surface area contributed by atoms with Crippen LogP contribution in [0.5, 0.6) is 0 Å². The van der Waals surface area contributed by atoms with Crippen molar-refractivity contribution >= 4 is 39.2 Å². The molecule has 1 aliphatic heterocycles. The summed E-state index contributed by atoms with van der Waals surface area (Å²) in [6, 6.07) is 0. The number of hydrogen-bond donors (Lipinski definition) is 1. The first-order valence-electron chi connectivity index (χ1n) is 9.90. The van der Waals surface area contributed by atoms with Crippen molar-refractivity contribution in [2.45, 2.75) is 37.9 Å². The Balaban J connectivity index is 1.31. The van der Waals surface area contributed by atoms with Gasteiger partial charge in [0.05, 0.1) is 23.4 Å². The van der Waals surface area contributed by atoms with Crippen molar-refractivity contribution in [3.05, 3.63) is 26.6 Å². The quantitative estimate of drug-likeness (QED) is 0.745. The molecule has 29 heavy (non-hydrogen) atoms. The van der Waals surface area contributed by atoms with Crippen LogP contribution in [0.4, 0.5) is 8.78 Å². The Bertz CT molecular complexity index is 938. The molecule has 1 saturated heterocycles. The monoisotopic (exact) mass is 442 g/mol. The molecule has 10 heteroatoms. The zero-order valence-corrected chi connectivity index (χ0v) is 17.7. The highest BCUT2D eigenvalue weighted by Gasteiger charge is 2.23. The number of aromatic amines is 1. The average molecular weight is 443 g/mol. The maximum atomic E-state index is 12.6. The molecule has 1 aliphatic carbocycles. The van der Waals surface area contributed by atoms with Gasteiger partial charge in [0, 0.05) is 31.1 Å². The zero-order chi connectivity index (χ0) is 20.4. The molecular weight excluding hydrogens is 418 g/mol. The van der Waals surface area contributed by atoms with Crippen LogP contribution in [0.2, 0.25) is 0 Å². The fraction of sp³-hybridized carbons (Fsp3) is 0.632. The third-order valence-electron chi connectivity index (χ3n) is 5.46. The van der Waals surface area contributed by atoms with Crippen LogP contribution in [0.1, 0.15) is 29.1 Å². The van der Waals surface area contributed by atoms with E-state index in [1.807, 2.05) is 0 Å². The van der Waals surface area contributed by atoms with E-state index in [1.165, 1.54) is 28.6 Å². The number of piperazine rings is 1. The number of H-pyrrole nitrogens is 1. The summed E-state index contributed by atoms with van der Waals surface area (Å²) in [5.74, 6) is 1.35. The molecule has 0 spiro atoms. The van der Waals surface area contributed by atoms with Crippen molar-refractivity contribution in [1.82, 2.24) is 19.8 Å². The maximum Gasteiger partial charge on any atom is 0.259 e. The number of aryl methyl sites for hydroxylation is 2. The molecule has 1 N–H and O–H groups in total. The Labute approximate surface area is 175 Å². The summed E-state index contributed by atoms with van der Waals surface area (Å²) < 4.78 is 24.9. The first kappa shape index (κ1) is 20.7. The summed E-state index contributed by atoms with van der Waals surface area (Å²) in [6.45, 7) is 1.69. The van der Waals surface area contributed by atoms with Gasteiger partial charge in [-0.25, -0.2) is 13.8 Å². The number of carbonyl (C=O) groups is 1. The first-order chi connectivity index (χ1) is 14.0. The lowest BCUT2D eigenvalue weighted by Crippen LogP contribution is -2.50. The number of amides is 1. The lowest BCUT2D eigenvalue weighted by atomic mass is 9.97. The van der Waals surface area contributed by atoms with E-state index in [4.69, 9.17) is 0 Å². The molecule has 0 atom stereocenters. The number of rotatable bonds is 6. The summed E-state index contributed by atoms with van der Waals surface area (Å²) in [4.78, 5) is 37.9. The SMILES string of the molecule is O=C(CSCc1nc2sc3c(c2c(=O)[nH]1)CCCC3)N1CCN(CC(F)F)CC1. The minimum atomic E-state index is -2.34. The van der Waals surface area contributed by atoms with Gasteiger partial charge in [0.25, 0.3) is 12.0 Å². The van der Waals surface area contributed by atoms with Crippen LogP contribution < -0.4 is 5.56 Å². The average Bonchev–Trinajstić information content (AvgIpc) is 3.07. The van der Waals surface area contributed by atoms with E-state index in [2.05, 4.69) is 9.97 Å². The molecule has 6 nitrogen and oxygen atoms in total. The van der Waals surface area contributed by atoms with E-state index in [0.29, 0.717) is 37.8 Å². The highest BCUT2D eigenvalue weighted by Crippen LogP contribution is 2.33.